The van der Waals surface area contributed by atoms with Crippen LogP contribution in [0.15, 0.2) is 15.9 Å². The van der Waals surface area contributed by atoms with Gasteiger partial charge in [-0.25, -0.2) is 0 Å². The van der Waals surface area contributed by atoms with Crippen molar-refractivity contribution >= 4 is 27.3 Å². The molecular weight excluding hydrogens is 270 g/mol. The van der Waals surface area contributed by atoms with Crippen molar-refractivity contribution in [1.82, 2.24) is 0 Å². The zero-order valence-electron chi connectivity index (χ0n) is 9.13. The first-order valence-electron chi connectivity index (χ1n) is 5.60. The Morgan fingerprint density at radius 3 is 3.00 bits per heavy atom. The van der Waals surface area contributed by atoms with Gasteiger partial charge >= 0.3 is 0 Å². The second kappa shape index (κ2) is 4.56. The summed E-state index contributed by atoms with van der Waals surface area (Å²) in [5.74, 6) is 0.798. The average Bonchev–Trinajstić information content (AvgIpc) is 2.49. The van der Waals surface area contributed by atoms with Gasteiger partial charge < -0.3 is 5.73 Å². The molecule has 2 atom stereocenters. The Hall–Kier alpha value is 0.140. The number of thiophene rings is 1. The van der Waals surface area contributed by atoms with E-state index in [-0.39, 0.29) is 5.54 Å². The van der Waals surface area contributed by atoms with E-state index in [1.165, 1.54) is 34.3 Å². The molecule has 0 aromatic carbocycles. The third kappa shape index (κ3) is 3.05. The lowest BCUT2D eigenvalue weighted by atomic mass is 9.75. The maximum atomic E-state index is 6.48. The molecule has 1 aliphatic carbocycles. The van der Waals surface area contributed by atoms with Crippen molar-refractivity contribution in [2.45, 2.75) is 44.6 Å². The highest BCUT2D eigenvalue weighted by atomic mass is 79.9. The van der Waals surface area contributed by atoms with E-state index in [1.54, 1.807) is 0 Å². The van der Waals surface area contributed by atoms with Crippen LogP contribution in [0.4, 0.5) is 0 Å². The summed E-state index contributed by atoms with van der Waals surface area (Å²) in [6.07, 6.45) is 6.07. The normalized spacial score (nSPS) is 31.8. The van der Waals surface area contributed by atoms with E-state index in [4.69, 9.17) is 5.73 Å². The topological polar surface area (TPSA) is 26.0 Å². The van der Waals surface area contributed by atoms with Gasteiger partial charge in [-0.2, -0.15) is 0 Å². The number of hydrogen-bond donors (Lipinski definition) is 1. The molecule has 0 radical (unpaired) electrons. The van der Waals surface area contributed by atoms with Crippen LogP contribution in [0.1, 0.15) is 37.5 Å². The molecule has 1 aromatic rings. The fourth-order valence-corrected chi connectivity index (χ4v) is 4.29. The molecule has 2 rings (SSSR count). The van der Waals surface area contributed by atoms with Gasteiger partial charge in [0.25, 0.3) is 0 Å². The molecule has 0 saturated heterocycles. The summed E-state index contributed by atoms with van der Waals surface area (Å²) in [4.78, 5) is 1.42. The van der Waals surface area contributed by atoms with E-state index < -0.39 is 0 Å². The van der Waals surface area contributed by atoms with E-state index >= 15 is 0 Å². The zero-order chi connectivity index (χ0) is 10.9. The minimum atomic E-state index is 0.0575. The minimum Gasteiger partial charge on any atom is -0.325 e. The van der Waals surface area contributed by atoms with Gasteiger partial charge in [-0.1, -0.05) is 19.8 Å². The summed E-state index contributed by atoms with van der Waals surface area (Å²) in [5, 5.41) is 0. The standard InChI is InChI=1S/C12H18BrNS/c1-9-3-2-6-12(14,7-9)8-10-4-5-11(13)15-10/h4-5,9H,2-3,6-8,14H2,1H3. The van der Waals surface area contributed by atoms with Crippen molar-refractivity contribution in [1.29, 1.82) is 0 Å². The van der Waals surface area contributed by atoms with Crippen molar-refractivity contribution in [3.8, 4) is 0 Å². The van der Waals surface area contributed by atoms with Crippen molar-refractivity contribution in [2.75, 3.05) is 0 Å². The van der Waals surface area contributed by atoms with Gasteiger partial charge in [-0.05, 0) is 53.2 Å². The molecule has 0 aliphatic heterocycles. The Bertz CT molecular complexity index is 336. The van der Waals surface area contributed by atoms with Gasteiger partial charge in [0.1, 0.15) is 0 Å². The first-order chi connectivity index (χ1) is 7.07. The zero-order valence-corrected chi connectivity index (χ0v) is 11.5. The van der Waals surface area contributed by atoms with Crippen LogP contribution in [0.3, 0.4) is 0 Å². The van der Waals surface area contributed by atoms with Crippen molar-refractivity contribution in [3.05, 3.63) is 20.8 Å². The third-order valence-corrected chi connectivity index (χ3v) is 4.91. The van der Waals surface area contributed by atoms with Gasteiger partial charge in [0, 0.05) is 10.4 Å². The third-order valence-electron chi connectivity index (χ3n) is 3.28. The molecule has 1 aromatic heterocycles. The van der Waals surface area contributed by atoms with Crippen LogP contribution in [0.5, 0.6) is 0 Å². The fraction of sp³-hybridized carbons (Fsp3) is 0.667. The van der Waals surface area contributed by atoms with Gasteiger partial charge in [0.2, 0.25) is 0 Å². The van der Waals surface area contributed by atoms with Crippen molar-refractivity contribution < 1.29 is 0 Å². The Balaban J connectivity index is 2.03. The molecule has 2 unspecified atom stereocenters. The predicted octanol–water partition coefficient (Wildman–Crippen LogP) is 3.96. The molecule has 3 heteroatoms. The van der Waals surface area contributed by atoms with Gasteiger partial charge in [0.05, 0.1) is 3.79 Å². The number of nitrogens with two attached hydrogens (primary N) is 1. The number of hydrogen-bond acceptors (Lipinski definition) is 2. The molecule has 0 spiro atoms. The van der Waals surface area contributed by atoms with Crippen LogP contribution in [0.2, 0.25) is 0 Å². The summed E-state index contributed by atoms with van der Waals surface area (Å²) in [5.41, 5.74) is 6.54. The molecule has 84 valence electrons. The Morgan fingerprint density at radius 1 is 1.60 bits per heavy atom. The smallest absolute Gasteiger partial charge is 0.0701 e. The molecule has 0 bridgehead atoms. The molecule has 1 nitrogen and oxygen atoms in total. The van der Waals surface area contributed by atoms with E-state index in [0.717, 1.165) is 12.3 Å². The molecule has 2 N–H and O–H groups in total. The SMILES string of the molecule is CC1CCCC(N)(Cc2ccc(Br)s2)C1. The first kappa shape index (κ1) is 11.6. The molecule has 15 heavy (non-hydrogen) atoms. The molecule has 1 heterocycles. The average molecular weight is 288 g/mol. The van der Waals surface area contributed by atoms with Crippen molar-refractivity contribution in [3.63, 3.8) is 0 Å². The lowest BCUT2D eigenvalue weighted by Gasteiger charge is -2.36. The largest absolute Gasteiger partial charge is 0.325 e. The molecule has 0 amide bonds. The van der Waals surface area contributed by atoms with Gasteiger partial charge in [0.15, 0.2) is 0 Å². The molecule has 1 saturated carbocycles. The molecule has 1 aliphatic rings. The first-order valence-corrected chi connectivity index (χ1v) is 7.21. The molecular formula is C12H18BrNS. The highest BCUT2D eigenvalue weighted by molar-refractivity contribution is 9.11. The maximum absolute atomic E-state index is 6.48. The summed E-state index contributed by atoms with van der Waals surface area (Å²) >= 11 is 5.32. The monoisotopic (exact) mass is 287 g/mol. The Morgan fingerprint density at radius 2 is 2.40 bits per heavy atom. The molecule has 1 fully saturated rings. The quantitative estimate of drug-likeness (QED) is 0.875. The van der Waals surface area contributed by atoms with E-state index in [2.05, 4.69) is 35.0 Å². The van der Waals surface area contributed by atoms with Crippen LogP contribution in [-0.4, -0.2) is 5.54 Å². The summed E-state index contributed by atoms with van der Waals surface area (Å²) in [7, 11) is 0. The highest BCUT2D eigenvalue weighted by Gasteiger charge is 2.31. The van der Waals surface area contributed by atoms with E-state index in [9.17, 15) is 0 Å². The predicted molar refractivity (Wildman–Crippen MR) is 70.3 cm³/mol. The summed E-state index contributed by atoms with van der Waals surface area (Å²) in [6, 6.07) is 4.32. The van der Waals surface area contributed by atoms with Crippen LogP contribution in [-0.2, 0) is 6.42 Å². The van der Waals surface area contributed by atoms with Crippen LogP contribution >= 0.6 is 27.3 Å². The van der Waals surface area contributed by atoms with Crippen LogP contribution in [0.25, 0.3) is 0 Å². The van der Waals surface area contributed by atoms with E-state index in [0.29, 0.717) is 0 Å². The van der Waals surface area contributed by atoms with Gasteiger partial charge in [-0.3, -0.25) is 0 Å². The highest BCUT2D eigenvalue weighted by Crippen LogP contribution is 2.34. The van der Waals surface area contributed by atoms with E-state index in [1.807, 2.05) is 11.3 Å². The Labute approximate surface area is 104 Å². The number of halogens is 1. The lowest BCUT2D eigenvalue weighted by molar-refractivity contribution is 0.236. The maximum Gasteiger partial charge on any atom is 0.0701 e. The van der Waals surface area contributed by atoms with Crippen LogP contribution in [0, 0.1) is 5.92 Å². The second-order valence-electron chi connectivity index (χ2n) is 4.95. The summed E-state index contributed by atoms with van der Waals surface area (Å²) < 4.78 is 1.21. The van der Waals surface area contributed by atoms with Crippen molar-refractivity contribution in [2.24, 2.45) is 11.7 Å². The fourth-order valence-electron chi connectivity index (χ4n) is 2.65. The summed E-state index contributed by atoms with van der Waals surface area (Å²) in [6.45, 7) is 2.32. The number of rotatable bonds is 2. The van der Waals surface area contributed by atoms with Gasteiger partial charge in [-0.15, -0.1) is 11.3 Å². The second-order valence-corrected chi connectivity index (χ2v) is 7.49. The van der Waals surface area contributed by atoms with Crippen LogP contribution < -0.4 is 5.73 Å². The minimum absolute atomic E-state index is 0.0575. The Kier molecular flexibility index (Phi) is 3.53. The lowest BCUT2D eigenvalue weighted by Crippen LogP contribution is -2.45.